The number of likely N-dealkylation sites (tertiary alicyclic amines) is 1. The van der Waals surface area contributed by atoms with E-state index in [9.17, 15) is 5.11 Å². The van der Waals surface area contributed by atoms with Crippen LogP contribution in [0.25, 0.3) is 0 Å². The van der Waals surface area contributed by atoms with Crippen LogP contribution in [0.4, 0.5) is 0 Å². The second-order valence-corrected chi connectivity index (χ2v) is 5.63. The second-order valence-electron chi connectivity index (χ2n) is 5.63. The number of rotatable bonds is 7. The Balaban J connectivity index is 2.09. The molecule has 1 atom stereocenters. The van der Waals surface area contributed by atoms with E-state index in [1.54, 1.807) is 0 Å². The molecule has 0 aromatic heterocycles. The lowest BCUT2D eigenvalue weighted by Gasteiger charge is -2.33. The summed E-state index contributed by atoms with van der Waals surface area (Å²) in [7, 11) is 0. The molecule has 1 aliphatic heterocycles. The molecule has 0 aliphatic carbocycles. The fourth-order valence-electron chi connectivity index (χ4n) is 2.31. The van der Waals surface area contributed by atoms with Crippen molar-refractivity contribution in [1.82, 2.24) is 10.2 Å². The van der Waals surface area contributed by atoms with Crippen molar-refractivity contribution in [3.63, 3.8) is 0 Å². The quantitative estimate of drug-likeness (QED) is 0.603. The van der Waals surface area contributed by atoms with E-state index in [0.717, 1.165) is 38.0 Å². The first-order chi connectivity index (χ1) is 8.11. The van der Waals surface area contributed by atoms with Gasteiger partial charge in [0.2, 0.25) is 0 Å². The van der Waals surface area contributed by atoms with Gasteiger partial charge in [-0.1, -0.05) is 13.8 Å². The average molecular weight is 244 g/mol. The van der Waals surface area contributed by atoms with Crippen molar-refractivity contribution in [3.05, 3.63) is 0 Å². The summed E-state index contributed by atoms with van der Waals surface area (Å²) in [6, 6.07) is 0. The Morgan fingerprint density at radius 2 is 1.94 bits per heavy atom. The molecule has 1 unspecified atom stereocenters. The normalized spacial score (nSPS) is 21.0. The van der Waals surface area contributed by atoms with Gasteiger partial charge in [-0.25, -0.2) is 0 Å². The van der Waals surface area contributed by atoms with Gasteiger partial charge in [0.25, 0.3) is 0 Å². The van der Waals surface area contributed by atoms with Crippen LogP contribution >= 0.6 is 0 Å². The fraction of sp³-hybridized carbons (Fsp3) is 1.00. The van der Waals surface area contributed by atoms with Crippen LogP contribution < -0.4 is 5.32 Å². The zero-order chi connectivity index (χ0) is 12.7. The lowest BCUT2D eigenvalue weighted by atomic mass is 9.96. The van der Waals surface area contributed by atoms with Gasteiger partial charge < -0.3 is 20.4 Å². The van der Waals surface area contributed by atoms with Crippen LogP contribution in [-0.4, -0.2) is 60.5 Å². The lowest BCUT2D eigenvalue weighted by Crippen LogP contribution is -2.42. The van der Waals surface area contributed by atoms with Gasteiger partial charge in [-0.2, -0.15) is 0 Å². The number of β-amino-alcohol motifs (C(OH)–C–C–N with tert-alkyl or cyclic N) is 1. The third kappa shape index (κ3) is 6.36. The zero-order valence-corrected chi connectivity index (χ0v) is 11.2. The van der Waals surface area contributed by atoms with Gasteiger partial charge in [-0.05, 0) is 50.9 Å². The number of aliphatic hydroxyl groups excluding tert-OH is 2. The fourth-order valence-corrected chi connectivity index (χ4v) is 2.31. The van der Waals surface area contributed by atoms with E-state index < -0.39 is 6.10 Å². The summed E-state index contributed by atoms with van der Waals surface area (Å²) in [6.45, 7) is 9.25. The Kier molecular flexibility index (Phi) is 7.04. The predicted octanol–water partition coefficient (Wildman–Crippen LogP) is 0.297. The van der Waals surface area contributed by atoms with Crippen LogP contribution in [0.5, 0.6) is 0 Å². The van der Waals surface area contributed by atoms with Crippen molar-refractivity contribution in [2.45, 2.75) is 32.8 Å². The van der Waals surface area contributed by atoms with E-state index in [1.165, 1.54) is 12.8 Å². The predicted molar refractivity (Wildman–Crippen MR) is 70.0 cm³/mol. The van der Waals surface area contributed by atoms with Crippen LogP contribution in [0.3, 0.4) is 0 Å². The van der Waals surface area contributed by atoms with E-state index in [0.29, 0.717) is 6.54 Å². The van der Waals surface area contributed by atoms with Gasteiger partial charge in [-0.15, -0.1) is 0 Å². The van der Waals surface area contributed by atoms with Crippen molar-refractivity contribution in [1.29, 1.82) is 0 Å². The van der Waals surface area contributed by atoms with Crippen molar-refractivity contribution in [3.8, 4) is 0 Å². The number of aliphatic hydroxyl groups is 2. The van der Waals surface area contributed by atoms with Gasteiger partial charge in [0.1, 0.15) is 0 Å². The maximum Gasteiger partial charge on any atom is 0.0897 e. The van der Waals surface area contributed by atoms with Gasteiger partial charge in [0, 0.05) is 6.54 Å². The molecule has 1 heterocycles. The number of hydrogen-bond acceptors (Lipinski definition) is 4. The molecular formula is C13H28N2O2. The van der Waals surface area contributed by atoms with Crippen molar-refractivity contribution in [2.75, 3.05) is 39.3 Å². The number of nitrogens with zero attached hydrogens (tertiary/aromatic N) is 1. The first-order valence-corrected chi connectivity index (χ1v) is 6.83. The van der Waals surface area contributed by atoms with Gasteiger partial charge in [0.15, 0.2) is 0 Å². The third-order valence-electron chi connectivity index (χ3n) is 3.37. The Morgan fingerprint density at radius 3 is 2.47 bits per heavy atom. The third-order valence-corrected chi connectivity index (χ3v) is 3.37. The first-order valence-electron chi connectivity index (χ1n) is 6.83. The van der Waals surface area contributed by atoms with Crippen LogP contribution in [0.2, 0.25) is 0 Å². The molecule has 0 amide bonds. The maximum absolute atomic E-state index is 9.37. The summed E-state index contributed by atoms with van der Waals surface area (Å²) in [4.78, 5) is 2.25. The van der Waals surface area contributed by atoms with E-state index in [-0.39, 0.29) is 6.61 Å². The summed E-state index contributed by atoms with van der Waals surface area (Å²) in [5, 5.41) is 21.7. The molecule has 17 heavy (non-hydrogen) atoms. The summed E-state index contributed by atoms with van der Waals surface area (Å²) in [5.41, 5.74) is 0. The second kappa shape index (κ2) is 8.03. The molecule has 0 aromatic carbocycles. The van der Waals surface area contributed by atoms with E-state index >= 15 is 0 Å². The number of hydrogen-bond donors (Lipinski definition) is 3. The molecule has 4 heteroatoms. The largest absolute Gasteiger partial charge is 0.394 e. The topological polar surface area (TPSA) is 55.7 Å². The van der Waals surface area contributed by atoms with E-state index in [4.69, 9.17) is 5.11 Å². The van der Waals surface area contributed by atoms with Gasteiger partial charge in [0.05, 0.1) is 12.7 Å². The van der Waals surface area contributed by atoms with Crippen LogP contribution in [-0.2, 0) is 0 Å². The number of piperidine rings is 1. The molecule has 0 aromatic rings. The molecule has 1 aliphatic rings. The maximum atomic E-state index is 9.37. The minimum Gasteiger partial charge on any atom is -0.394 e. The van der Waals surface area contributed by atoms with Crippen molar-refractivity contribution in [2.24, 2.45) is 11.8 Å². The zero-order valence-electron chi connectivity index (χ0n) is 11.2. The van der Waals surface area contributed by atoms with Crippen LogP contribution in [0.15, 0.2) is 0 Å². The lowest BCUT2D eigenvalue weighted by molar-refractivity contribution is 0.0474. The Morgan fingerprint density at radius 1 is 1.29 bits per heavy atom. The molecular weight excluding hydrogens is 216 g/mol. The highest BCUT2D eigenvalue weighted by Gasteiger charge is 2.20. The minimum absolute atomic E-state index is 0.129. The highest BCUT2D eigenvalue weighted by molar-refractivity contribution is 4.75. The Hall–Kier alpha value is -0.160. The number of nitrogens with one attached hydrogen (secondary N) is 1. The van der Waals surface area contributed by atoms with Crippen LogP contribution in [0.1, 0.15) is 26.7 Å². The average Bonchev–Trinajstić information content (AvgIpc) is 2.31. The van der Waals surface area contributed by atoms with E-state index in [2.05, 4.69) is 24.1 Å². The van der Waals surface area contributed by atoms with Gasteiger partial charge >= 0.3 is 0 Å². The van der Waals surface area contributed by atoms with Crippen molar-refractivity contribution < 1.29 is 10.2 Å². The molecule has 0 radical (unpaired) electrons. The van der Waals surface area contributed by atoms with Gasteiger partial charge in [-0.3, -0.25) is 0 Å². The molecule has 0 saturated carbocycles. The first kappa shape index (κ1) is 14.9. The van der Waals surface area contributed by atoms with Crippen molar-refractivity contribution >= 4 is 0 Å². The SMILES string of the molecule is CC(C)CNCC1CCN(CC(O)CO)CC1. The smallest absolute Gasteiger partial charge is 0.0897 e. The summed E-state index contributed by atoms with van der Waals surface area (Å²) in [5.74, 6) is 1.49. The summed E-state index contributed by atoms with van der Waals surface area (Å²) < 4.78 is 0. The molecule has 102 valence electrons. The molecule has 1 saturated heterocycles. The highest BCUT2D eigenvalue weighted by atomic mass is 16.3. The summed E-state index contributed by atoms with van der Waals surface area (Å²) >= 11 is 0. The molecule has 0 bridgehead atoms. The Bertz CT molecular complexity index is 192. The molecule has 0 spiro atoms. The molecule has 3 N–H and O–H groups in total. The Labute approximate surface area is 105 Å². The van der Waals surface area contributed by atoms with Crippen LogP contribution in [0, 0.1) is 11.8 Å². The molecule has 4 nitrogen and oxygen atoms in total. The highest BCUT2D eigenvalue weighted by Crippen LogP contribution is 2.16. The summed E-state index contributed by atoms with van der Waals surface area (Å²) in [6.07, 6.45) is 1.82. The molecule has 1 fully saturated rings. The minimum atomic E-state index is -0.578. The standard InChI is InChI=1S/C13H28N2O2/c1-11(2)7-14-8-12-3-5-15(6-4-12)9-13(17)10-16/h11-14,16-17H,3-10H2,1-2H3. The monoisotopic (exact) mass is 244 g/mol. The molecule has 1 rings (SSSR count). The van der Waals surface area contributed by atoms with E-state index in [1.807, 2.05) is 0 Å².